The molecule has 2 rings (SSSR count). The summed E-state index contributed by atoms with van der Waals surface area (Å²) in [7, 11) is 1.94. The molecule has 1 N–H and O–H groups in total. The summed E-state index contributed by atoms with van der Waals surface area (Å²) in [6.45, 7) is 0. The summed E-state index contributed by atoms with van der Waals surface area (Å²) in [6.07, 6.45) is 2.53. The van der Waals surface area contributed by atoms with E-state index in [1.807, 2.05) is 13.1 Å². The molecule has 1 atom stereocenters. The van der Waals surface area contributed by atoms with E-state index in [2.05, 4.69) is 5.32 Å². The molecule has 1 aromatic rings. The summed E-state index contributed by atoms with van der Waals surface area (Å²) >= 11 is 0. The van der Waals surface area contributed by atoms with E-state index in [0.717, 1.165) is 5.56 Å². The third-order valence-corrected chi connectivity index (χ3v) is 2.61. The van der Waals surface area contributed by atoms with Crippen LogP contribution in [0.3, 0.4) is 0 Å². The van der Waals surface area contributed by atoms with Crippen LogP contribution in [0.1, 0.15) is 24.4 Å². The highest BCUT2D eigenvalue weighted by Gasteiger charge is 2.31. The lowest BCUT2D eigenvalue weighted by atomic mass is 10.0. The second-order valence-electron chi connectivity index (χ2n) is 3.66. The van der Waals surface area contributed by atoms with Crippen LogP contribution in [0, 0.1) is 11.7 Å². The summed E-state index contributed by atoms with van der Waals surface area (Å²) in [5.74, 6) is 0.574. The number of rotatable bonds is 3. The third kappa shape index (κ3) is 1.89. The molecule has 13 heavy (non-hydrogen) atoms. The van der Waals surface area contributed by atoms with Gasteiger partial charge in [-0.2, -0.15) is 0 Å². The third-order valence-electron chi connectivity index (χ3n) is 2.61. The minimum atomic E-state index is -0.140. The van der Waals surface area contributed by atoms with Gasteiger partial charge in [0.05, 0.1) is 0 Å². The fourth-order valence-corrected chi connectivity index (χ4v) is 1.80. The van der Waals surface area contributed by atoms with Crippen molar-refractivity contribution in [2.45, 2.75) is 18.9 Å². The Bertz CT molecular complexity index is 294. The number of hydrogen-bond donors (Lipinski definition) is 1. The lowest BCUT2D eigenvalue weighted by Crippen LogP contribution is -2.18. The predicted octanol–water partition coefficient (Wildman–Crippen LogP) is 2.50. The molecule has 0 radical (unpaired) electrons. The Morgan fingerprint density at radius 1 is 1.46 bits per heavy atom. The quantitative estimate of drug-likeness (QED) is 0.751. The molecule has 1 unspecified atom stereocenters. The minimum absolute atomic E-state index is 0.140. The molecule has 0 aromatic heterocycles. The lowest BCUT2D eigenvalue weighted by Gasteiger charge is -2.15. The van der Waals surface area contributed by atoms with Crippen LogP contribution in [0.4, 0.5) is 4.39 Å². The van der Waals surface area contributed by atoms with Crippen LogP contribution >= 0.6 is 0 Å². The van der Waals surface area contributed by atoms with E-state index in [-0.39, 0.29) is 5.82 Å². The normalized spacial score (nSPS) is 18.6. The van der Waals surface area contributed by atoms with Crippen molar-refractivity contribution in [3.05, 3.63) is 35.6 Å². The molecule has 1 aliphatic carbocycles. The number of nitrogens with one attached hydrogen (secondary N) is 1. The van der Waals surface area contributed by atoms with Crippen LogP contribution in [0.25, 0.3) is 0 Å². The molecule has 0 aliphatic heterocycles. The van der Waals surface area contributed by atoms with Gasteiger partial charge < -0.3 is 5.32 Å². The van der Waals surface area contributed by atoms with Gasteiger partial charge in [-0.3, -0.25) is 0 Å². The Morgan fingerprint density at radius 3 is 2.77 bits per heavy atom. The van der Waals surface area contributed by atoms with E-state index in [9.17, 15) is 4.39 Å². The van der Waals surface area contributed by atoms with Crippen LogP contribution < -0.4 is 5.32 Å². The maximum atomic E-state index is 12.9. The fourth-order valence-electron chi connectivity index (χ4n) is 1.80. The van der Waals surface area contributed by atoms with Gasteiger partial charge in [-0.05, 0) is 43.5 Å². The molecule has 0 spiro atoms. The first-order valence-corrected chi connectivity index (χ1v) is 4.74. The molecule has 1 saturated carbocycles. The van der Waals surface area contributed by atoms with Crippen molar-refractivity contribution in [3.63, 3.8) is 0 Å². The minimum Gasteiger partial charge on any atom is -0.313 e. The average molecular weight is 179 g/mol. The van der Waals surface area contributed by atoms with Crippen molar-refractivity contribution >= 4 is 0 Å². The van der Waals surface area contributed by atoms with E-state index in [1.54, 1.807) is 12.1 Å². The van der Waals surface area contributed by atoms with Gasteiger partial charge in [0.25, 0.3) is 0 Å². The Hall–Kier alpha value is -0.890. The zero-order valence-electron chi connectivity index (χ0n) is 7.76. The van der Waals surface area contributed by atoms with Crippen LogP contribution in [0.5, 0.6) is 0 Å². The van der Waals surface area contributed by atoms with Crippen molar-refractivity contribution in [1.82, 2.24) is 5.32 Å². The molecular weight excluding hydrogens is 165 g/mol. The largest absolute Gasteiger partial charge is 0.313 e. The maximum Gasteiger partial charge on any atom is 0.123 e. The number of benzene rings is 1. The fraction of sp³-hybridized carbons (Fsp3) is 0.455. The highest BCUT2D eigenvalue weighted by Crippen LogP contribution is 2.40. The van der Waals surface area contributed by atoms with E-state index in [0.29, 0.717) is 12.0 Å². The standard InChI is InChI=1S/C11H14FN/c1-13-11(8-5-6-8)9-3-2-4-10(12)7-9/h2-4,7-8,11,13H,5-6H2,1H3. The highest BCUT2D eigenvalue weighted by molar-refractivity contribution is 5.22. The monoisotopic (exact) mass is 179 g/mol. The zero-order chi connectivity index (χ0) is 9.26. The van der Waals surface area contributed by atoms with Gasteiger partial charge in [0.1, 0.15) is 5.82 Å². The van der Waals surface area contributed by atoms with Crippen LogP contribution in [0.15, 0.2) is 24.3 Å². The predicted molar refractivity (Wildman–Crippen MR) is 50.9 cm³/mol. The molecule has 2 heteroatoms. The van der Waals surface area contributed by atoms with Crippen LogP contribution in [-0.2, 0) is 0 Å². The summed E-state index contributed by atoms with van der Waals surface area (Å²) in [4.78, 5) is 0. The van der Waals surface area contributed by atoms with Crippen molar-refractivity contribution in [2.24, 2.45) is 5.92 Å². The Labute approximate surface area is 78.0 Å². The Kier molecular flexibility index (Phi) is 2.32. The summed E-state index contributed by atoms with van der Waals surface area (Å²) < 4.78 is 12.9. The van der Waals surface area contributed by atoms with Crippen LogP contribution in [-0.4, -0.2) is 7.05 Å². The molecule has 0 bridgehead atoms. The second-order valence-corrected chi connectivity index (χ2v) is 3.66. The summed E-state index contributed by atoms with van der Waals surface area (Å²) in [5, 5.41) is 3.24. The topological polar surface area (TPSA) is 12.0 Å². The molecule has 1 aliphatic rings. The first-order valence-electron chi connectivity index (χ1n) is 4.74. The Morgan fingerprint density at radius 2 is 2.23 bits per heavy atom. The van der Waals surface area contributed by atoms with Gasteiger partial charge in [-0.15, -0.1) is 0 Å². The summed E-state index contributed by atoms with van der Waals surface area (Å²) in [5.41, 5.74) is 1.07. The van der Waals surface area contributed by atoms with Crippen molar-refractivity contribution < 1.29 is 4.39 Å². The van der Waals surface area contributed by atoms with Gasteiger partial charge in [0.15, 0.2) is 0 Å². The first-order chi connectivity index (χ1) is 6.31. The van der Waals surface area contributed by atoms with Crippen molar-refractivity contribution in [3.8, 4) is 0 Å². The molecule has 1 aromatic carbocycles. The van der Waals surface area contributed by atoms with Gasteiger partial charge in [0.2, 0.25) is 0 Å². The van der Waals surface area contributed by atoms with E-state index in [1.165, 1.54) is 18.9 Å². The molecule has 0 heterocycles. The molecule has 1 nitrogen and oxygen atoms in total. The lowest BCUT2D eigenvalue weighted by molar-refractivity contribution is 0.523. The van der Waals surface area contributed by atoms with Gasteiger partial charge in [-0.25, -0.2) is 4.39 Å². The first kappa shape index (κ1) is 8.70. The van der Waals surface area contributed by atoms with E-state index in [4.69, 9.17) is 0 Å². The average Bonchev–Trinajstić information content (AvgIpc) is 2.90. The van der Waals surface area contributed by atoms with Gasteiger partial charge >= 0.3 is 0 Å². The highest BCUT2D eigenvalue weighted by atomic mass is 19.1. The molecular formula is C11H14FN. The van der Waals surface area contributed by atoms with Crippen molar-refractivity contribution in [2.75, 3.05) is 7.05 Å². The van der Waals surface area contributed by atoms with Crippen molar-refractivity contribution in [1.29, 1.82) is 0 Å². The van der Waals surface area contributed by atoms with E-state index < -0.39 is 0 Å². The molecule has 70 valence electrons. The Balaban J connectivity index is 2.21. The number of hydrogen-bond acceptors (Lipinski definition) is 1. The number of halogens is 1. The molecule has 1 fully saturated rings. The summed E-state index contributed by atoms with van der Waals surface area (Å²) in [6, 6.07) is 7.22. The molecule has 0 saturated heterocycles. The smallest absolute Gasteiger partial charge is 0.123 e. The van der Waals surface area contributed by atoms with E-state index >= 15 is 0 Å². The van der Waals surface area contributed by atoms with Gasteiger partial charge in [0, 0.05) is 6.04 Å². The zero-order valence-corrected chi connectivity index (χ0v) is 7.76. The van der Waals surface area contributed by atoms with Crippen LogP contribution in [0.2, 0.25) is 0 Å². The second kappa shape index (κ2) is 3.46. The van der Waals surface area contributed by atoms with Gasteiger partial charge in [-0.1, -0.05) is 12.1 Å². The molecule has 0 amide bonds. The SMILES string of the molecule is CNC(c1cccc(F)c1)C1CC1. The maximum absolute atomic E-state index is 12.9.